The Morgan fingerprint density at radius 1 is 1.47 bits per heavy atom. The summed E-state index contributed by atoms with van der Waals surface area (Å²) in [6, 6.07) is 0.681. The van der Waals surface area contributed by atoms with Gasteiger partial charge in [0.1, 0.15) is 5.01 Å². The van der Waals surface area contributed by atoms with Crippen molar-refractivity contribution in [1.82, 2.24) is 15.2 Å². The van der Waals surface area contributed by atoms with Crippen molar-refractivity contribution >= 4 is 11.3 Å². The van der Waals surface area contributed by atoms with Crippen LogP contribution in [-0.4, -0.2) is 35.6 Å². The summed E-state index contributed by atoms with van der Waals surface area (Å²) >= 11 is 1.81. The van der Waals surface area contributed by atoms with Gasteiger partial charge in [0.2, 0.25) is 0 Å². The molecule has 0 aromatic carbocycles. The SMILES string of the molecule is CCN(Cc1nc(C(C)(C)C)cs1)C1CCCNC1. The molecule has 1 saturated heterocycles. The zero-order valence-electron chi connectivity index (χ0n) is 12.7. The lowest BCUT2D eigenvalue weighted by atomic mass is 9.93. The summed E-state index contributed by atoms with van der Waals surface area (Å²) in [5.41, 5.74) is 1.39. The van der Waals surface area contributed by atoms with Crippen LogP contribution in [0.3, 0.4) is 0 Å². The topological polar surface area (TPSA) is 28.2 Å². The van der Waals surface area contributed by atoms with E-state index in [1.807, 2.05) is 11.3 Å². The predicted molar refractivity (Wildman–Crippen MR) is 82.8 cm³/mol. The highest BCUT2D eigenvalue weighted by atomic mass is 32.1. The van der Waals surface area contributed by atoms with E-state index in [-0.39, 0.29) is 5.41 Å². The molecule has 1 aliphatic rings. The molecule has 2 heterocycles. The van der Waals surface area contributed by atoms with Crippen molar-refractivity contribution in [3.8, 4) is 0 Å². The molecular formula is C15H27N3S. The first-order valence-electron chi connectivity index (χ1n) is 7.40. The lowest BCUT2D eigenvalue weighted by molar-refractivity contribution is 0.166. The predicted octanol–water partition coefficient (Wildman–Crippen LogP) is 3.01. The number of likely N-dealkylation sites (N-methyl/N-ethyl adjacent to an activating group) is 1. The summed E-state index contributed by atoms with van der Waals surface area (Å²) < 4.78 is 0. The number of nitrogens with one attached hydrogen (secondary N) is 1. The molecule has 0 radical (unpaired) electrons. The van der Waals surface area contributed by atoms with E-state index in [9.17, 15) is 0 Å². The molecule has 1 N–H and O–H groups in total. The van der Waals surface area contributed by atoms with Gasteiger partial charge in [-0.25, -0.2) is 4.98 Å². The molecule has 0 spiro atoms. The number of rotatable bonds is 4. The normalized spacial score (nSPS) is 21.0. The van der Waals surface area contributed by atoms with Crippen molar-refractivity contribution in [2.45, 2.75) is 58.5 Å². The lowest BCUT2D eigenvalue weighted by Crippen LogP contribution is -2.45. The standard InChI is InChI=1S/C15H27N3S/c1-5-18(12-7-6-8-16-9-12)10-14-17-13(11-19-14)15(2,3)4/h11-12,16H,5-10H2,1-4H3. The Labute approximate surface area is 121 Å². The monoisotopic (exact) mass is 281 g/mol. The third-order valence-corrected chi connectivity index (χ3v) is 4.69. The van der Waals surface area contributed by atoms with Crippen LogP contribution in [0.2, 0.25) is 0 Å². The van der Waals surface area contributed by atoms with Gasteiger partial charge >= 0.3 is 0 Å². The Bertz CT molecular complexity index is 388. The Balaban J connectivity index is 1.99. The smallest absolute Gasteiger partial charge is 0.107 e. The van der Waals surface area contributed by atoms with Gasteiger partial charge in [0.05, 0.1) is 12.2 Å². The number of piperidine rings is 1. The summed E-state index contributed by atoms with van der Waals surface area (Å²) in [6.45, 7) is 13.4. The first-order chi connectivity index (χ1) is 9.00. The number of thiazole rings is 1. The van der Waals surface area contributed by atoms with E-state index in [2.05, 4.69) is 43.3 Å². The highest BCUT2D eigenvalue weighted by molar-refractivity contribution is 7.09. The maximum absolute atomic E-state index is 4.82. The van der Waals surface area contributed by atoms with Crippen molar-refractivity contribution in [1.29, 1.82) is 0 Å². The fourth-order valence-corrected chi connectivity index (χ4v) is 3.59. The van der Waals surface area contributed by atoms with Gasteiger partial charge in [-0.1, -0.05) is 27.7 Å². The van der Waals surface area contributed by atoms with Crippen LogP contribution in [0, 0.1) is 0 Å². The summed E-state index contributed by atoms with van der Waals surface area (Å²) in [5, 5.41) is 6.99. The molecule has 1 atom stereocenters. The van der Waals surface area contributed by atoms with Crippen molar-refractivity contribution in [2.24, 2.45) is 0 Å². The maximum atomic E-state index is 4.82. The second-order valence-corrected chi connectivity index (χ2v) is 7.38. The minimum Gasteiger partial charge on any atom is -0.315 e. The van der Waals surface area contributed by atoms with E-state index in [0.29, 0.717) is 6.04 Å². The van der Waals surface area contributed by atoms with Crippen molar-refractivity contribution in [3.63, 3.8) is 0 Å². The number of hydrogen-bond donors (Lipinski definition) is 1. The summed E-state index contributed by atoms with van der Waals surface area (Å²) in [7, 11) is 0. The zero-order valence-corrected chi connectivity index (χ0v) is 13.5. The maximum Gasteiger partial charge on any atom is 0.107 e. The van der Waals surface area contributed by atoms with Crippen LogP contribution in [0.5, 0.6) is 0 Å². The number of nitrogens with zero attached hydrogens (tertiary/aromatic N) is 2. The van der Waals surface area contributed by atoms with Crippen LogP contribution in [0.15, 0.2) is 5.38 Å². The molecular weight excluding hydrogens is 254 g/mol. The summed E-state index contributed by atoms with van der Waals surface area (Å²) in [6.07, 6.45) is 2.62. The minimum absolute atomic E-state index is 0.165. The van der Waals surface area contributed by atoms with Crippen molar-refractivity contribution < 1.29 is 0 Å². The van der Waals surface area contributed by atoms with Crippen LogP contribution in [0.25, 0.3) is 0 Å². The largest absolute Gasteiger partial charge is 0.315 e. The van der Waals surface area contributed by atoms with Gasteiger partial charge in [-0.15, -0.1) is 11.3 Å². The summed E-state index contributed by atoms with van der Waals surface area (Å²) in [5.74, 6) is 0. The molecule has 2 rings (SSSR count). The van der Waals surface area contributed by atoms with Gasteiger partial charge in [-0.05, 0) is 25.9 Å². The van der Waals surface area contributed by atoms with Crippen molar-refractivity contribution in [2.75, 3.05) is 19.6 Å². The minimum atomic E-state index is 0.165. The van der Waals surface area contributed by atoms with Crippen LogP contribution < -0.4 is 5.32 Å². The lowest BCUT2D eigenvalue weighted by Gasteiger charge is -2.33. The zero-order chi connectivity index (χ0) is 13.9. The molecule has 4 heteroatoms. The Hall–Kier alpha value is -0.450. The van der Waals surface area contributed by atoms with Crippen LogP contribution >= 0.6 is 11.3 Å². The van der Waals surface area contributed by atoms with Gasteiger partial charge in [0.25, 0.3) is 0 Å². The van der Waals surface area contributed by atoms with E-state index in [0.717, 1.165) is 19.6 Å². The molecule has 0 bridgehead atoms. The highest BCUT2D eigenvalue weighted by Crippen LogP contribution is 2.25. The fourth-order valence-electron chi connectivity index (χ4n) is 2.55. The van der Waals surface area contributed by atoms with Crippen LogP contribution in [0.1, 0.15) is 51.2 Å². The van der Waals surface area contributed by atoms with E-state index in [1.54, 1.807) is 0 Å². The second-order valence-electron chi connectivity index (χ2n) is 6.44. The van der Waals surface area contributed by atoms with Gasteiger partial charge in [0, 0.05) is 23.4 Å². The molecule has 0 saturated carbocycles. The first-order valence-corrected chi connectivity index (χ1v) is 8.28. The molecule has 0 aliphatic carbocycles. The Morgan fingerprint density at radius 3 is 2.79 bits per heavy atom. The van der Waals surface area contributed by atoms with E-state index in [1.165, 1.54) is 30.1 Å². The summed E-state index contributed by atoms with van der Waals surface area (Å²) in [4.78, 5) is 7.39. The fraction of sp³-hybridized carbons (Fsp3) is 0.800. The molecule has 108 valence electrons. The van der Waals surface area contributed by atoms with Gasteiger partial charge < -0.3 is 5.32 Å². The van der Waals surface area contributed by atoms with Gasteiger partial charge in [-0.3, -0.25) is 4.90 Å². The molecule has 19 heavy (non-hydrogen) atoms. The van der Waals surface area contributed by atoms with Gasteiger partial charge in [-0.2, -0.15) is 0 Å². The van der Waals surface area contributed by atoms with Crippen LogP contribution in [0.4, 0.5) is 0 Å². The molecule has 1 fully saturated rings. The first kappa shape index (κ1) is 14.9. The molecule has 1 aliphatic heterocycles. The third kappa shape index (κ3) is 4.01. The van der Waals surface area contributed by atoms with Gasteiger partial charge in [0.15, 0.2) is 0 Å². The van der Waals surface area contributed by atoms with E-state index in [4.69, 9.17) is 4.98 Å². The number of aromatic nitrogens is 1. The van der Waals surface area contributed by atoms with Crippen molar-refractivity contribution in [3.05, 3.63) is 16.1 Å². The van der Waals surface area contributed by atoms with Crippen LogP contribution in [-0.2, 0) is 12.0 Å². The average Bonchev–Trinajstić information content (AvgIpc) is 2.85. The molecule has 1 aromatic rings. The second kappa shape index (κ2) is 6.33. The molecule has 0 amide bonds. The van der Waals surface area contributed by atoms with E-state index < -0.39 is 0 Å². The molecule has 1 aromatic heterocycles. The molecule has 1 unspecified atom stereocenters. The highest BCUT2D eigenvalue weighted by Gasteiger charge is 2.22. The Morgan fingerprint density at radius 2 is 2.26 bits per heavy atom. The average molecular weight is 281 g/mol. The number of hydrogen-bond acceptors (Lipinski definition) is 4. The van der Waals surface area contributed by atoms with E-state index >= 15 is 0 Å². The third-order valence-electron chi connectivity index (χ3n) is 3.85. The molecule has 3 nitrogen and oxygen atoms in total. The quantitative estimate of drug-likeness (QED) is 0.919. The Kier molecular flexibility index (Phi) is 4.98.